The molecule has 1 atom stereocenters. The van der Waals surface area contributed by atoms with Gasteiger partial charge in [0.25, 0.3) is 11.7 Å². The van der Waals surface area contributed by atoms with Crippen molar-refractivity contribution < 1.29 is 28.6 Å². The summed E-state index contributed by atoms with van der Waals surface area (Å²) in [7, 11) is 1.55. The molecule has 1 unspecified atom stereocenters. The number of benzene rings is 2. The van der Waals surface area contributed by atoms with Gasteiger partial charge in [-0.05, 0) is 53.6 Å². The Bertz CT molecular complexity index is 1230. The van der Waals surface area contributed by atoms with Crippen molar-refractivity contribution in [2.45, 2.75) is 19.0 Å². The SMILES string of the molecule is COc1cccc(C2/C(=C(/O)c3ccc4c(c3)CCO4)C(=O)C(=O)N2Cc2ccco2)c1. The molecule has 7 nitrogen and oxygen atoms in total. The van der Waals surface area contributed by atoms with Crippen LogP contribution in [0.15, 0.2) is 70.9 Å². The Morgan fingerprint density at radius 2 is 2.03 bits per heavy atom. The molecule has 0 aliphatic carbocycles. The molecule has 1 amide bonds. The maximum atomic E-state index is 13.1. The minimum atomic E-state index is -0.792. The van der Waals surface area contributed by atoms with E-state index in [1.54, 1.807) is 61.7 Å². The van der Waals surface area contributed by atoms with Crippen molar-refractivity contribution in [3.8, 4) is 11.5 Å². The number of amides is 1. The smallest absolute Gasteiger partial charge is 0.296 e. The lowest BCUT2D eigenvalue weighted by Gasteiger charge is -2.24. The highest BCUT2D eigenvalue weighted by Crippen LogP contribution is 2.41. The lowest BCUT2D eigenvalue weighted by Crippen LogP contribution is -2.29. The predicted octanol–water partition coefficient (Wildman–Crippen LogP) is 3.85. The predicted molar refractivity (Wildman–Crippen MR) is 115 cm³/mol. The van der Waals surface area contributed by atoms with Gasteiger partial charge in [0.15, 0.2) is 0 Å². The number of carbonyl (C=O) groups excluding carboxylic acids is 2. The monoisotopic (exact) mass is 431 g/mol. The largest absolute Gasteiger partial charge is 0.507 e. The fraction of sp³-hybridized carbons (Fsp3) is 0.200. The second kappa shape index (κ2) is 7.92. The summed E-state index contributed by atoms with van der Waals surface area (Å²) >= 11 is 0. The molecule has 3 heterocycles. The third-order valence-electron chi connectivity index (χ3n) is 5.82. The number of hydrogen-bond donors (Lipinski definition) is 1. The number of rotatable bonds is 5. The maximum Gasteiger partial charge on any atom is 0.296 e. The number of ether oxygens (including phenoxy) is 2. The van der Waals surface area contributed by atoms with Gasteiger partial charge >= 0.3 is 0 Å². The summed E-state index contributed by atoms with van der Waals surface area (Å²) < 4.78 is 16.3. The van der Waals surface area contributed by atoms with Crippen molar-refractivity contribution in [1.82, 2.24) is 4.90 Å². The third-order valence-corrected chi connectivity index (χ3v) is 5.82. The quantitative estimate of drug-likeness (QED) is 0.375. The van der Waals surface area contributed by atoms with E-state index >= 15 is 0 Å². The van der Waals surface area contributed by atoms with Gasteiger partial charge in [0.05, 0.1) is 38.1 Å². The highest BCUT2D eigenvalue weighted by molar-refractivity contribution is 6.46. The van der Waals surface area contributed by atoms with Gasteiger partial charge in [-0.3, -0.25) is 9.59 Å². The van der Waals surface area contributed by atoms with Gasteiger partial charge in [0.2, 0.25) is 0 Å². The minimum absolute atomic E-state index is 0.0358. The van der Waals surface area contributed by atoms with E-state index in [1.165, 1.54) is 11.2 Å². The second-order valence-corrected chi connectivity index (χ2v) is 7.70. The Labute approximate surface area is 184 Å². The average molecular weight is 431 g/mol. The van der Waals surface area contributed by atoms with Crippen LogP contribution in [0.25, 0.3) is 5.76 Å². The first-order chi connectivity index (χ1) is 15.6. The molecule has 0 bridgehead atoms. The minimum Gasteiger partial charge on any atom is -0.507 e. The zero-order valence-electron chi connectivity index (χ0n) is 17.4. The Balaban J connectivity index is 1.65. The van der Waals surface area contributed by atoms with Crippen molar-refractivity contribution in [3.63, 3.8) is 0 Å². The van der Waals surface area contributed by atoms with Gasteiger partial charge in [-0.25, -0.2) is 0 Å². The Kier molecular flexibility index (Phi) is 4.93. The maximum absolute atomic E-state index is 13.1. The van der Waals surface area contributed by atoms with Crippen LogP contribution in [0.5, 0.6) is 11.5 Å². The van der Waals surface area contributed by atoms with Crippen LogP contribution in [0.3, 0.4) is 0 Å². The van der Waals surface area contributed by atoms with Crippen LogP contribution in [-0.4, -0.2) is 35.4 Å². The van der Waals surface area contributed by atoms with Crippen molar-refractivity contribution in [3.05, 3.63) is 88.9 Å². The standard InChI is InChI=1S/C25H21NO6/c1-30-18-5-2-4-16(13-18)22-21(23(27)17-7-8-20-15(12-17)9-11-32-20)24(28)25(29)26(22)14-19-6-3-10-31-19/h2-8,10,12-13,22,27H,9,11,14H2,1H3/b23-21-. The molecular formula is C25H21NO6. The summed E-state index contributed by atoms with van der Waals surface area (Å²) in [5.74, 6) is 0.242. The summed E-state index contributed by atoms with van der Waals surface area (Å²) in [5, 5.41) is 11.2. The molecule has 1 fully saturated rings. The number of fused-ring (bicyclic) bond motifs is 1. The number of furan rings is 1. The van der Waals surface area contributed by atoms with E-state index in [-0.39, 0.29) is 17.9 Å². The normalized spacial score (nSPS) is 19.2. The Morgan fingerprint density at radius 3 is 2.81 bits per heavy atom. The first kappa shape index (κ1) is 19.9. The van der Waals surface area contributed by atoms with Gasteiger partial charge < -0.3 is 23.9 Å². The van der Waals surface area contributed by atoms with Gasteiger partial charge in [0, 0.05) is 12.0 Å². The fourth-order valence-corrected chi connectivity index (χ4v) is 4.26. The highest BCUT2D eigenvalue weighted by Gasteiger charge is 2.46. The fourth-order valence-electron chi connectivity index (χ4n) is 4.26. The van der Waals surface area contributed by atoms with Crippen LogP contribution in [0.1, 0.15) is 28.5 Å². The van der Waals surface area contributed by atoms with Crippen molar-refractivity contribution in [2.75, 3.05) is 13.7 Å². The number of carbonyl (C=O) groups is 2. The van der Waals surface area contributed by atoms with Crippen LogP contribution in [-0.2, 0) is 22.6 Å². The molecule has 0 saturated carbocycles. The molecule has 2 aromatic carbocycles. The molecule has 0 radical (unpaired) electrons. The van der Waals surface area contributed by atoms with Crippen molar-refractivity contribution in [1.29, 1.82) is 0 Å². The summed E-state index contributed by atoms with van der Waals surface area (Å²) in [6, 6.07) is 15.1. The molecular weight excluding hydrogens is 410 g/mol. The molecule has 1 saturated heterocycles. The average Bonchev–Trinajstić information content (AvgIpc) is 3.55. The molecule has 2 aliphatic heterocycles. The summed E-state index contributed by atoms with van der Waals surface area (Å²) in [4.78, 5) is 27.6. The first-order valence-electron chi connectivity index (χ1n) is 10.3. The lowest BCUT2D eigenvalue weighted by molar-refractivity contribution is -0.140. The van der Waals surface area contributed by atoms with Gasteiger partial charge in [0.1, 0.15) is 23.0 Å². The van der Waals surface area contributed by atoms with Crippen LogP contribution in [0.2, 0.25) is 0 Å². The van der Waals surface area contributed by atoms with Gasteiger partial charge in [-0.15, -0.1) is 0 Å². The molecule has 7 heteroatoms. The van der Waals surface area contributed by atoms with Crippen LogP contribution in [0.4, 0.5) is 0 Å². The van der Waals surface area contributed by atoms with E-state index in [9.17, 15) is 14.7 Å². The summed E-state index contributed by atoms with van der Waals surface area (Å²) in [6.45, 7) is 0.672. The molecule has 2 aliphatic rings. The molecule has 5 rings (SSSR count). The molecule has 1 aromatic heterocycles. The van der Waals surface area contributed by atoms with E-state index in [1.807, 2.05) is 0 Å². The molecule has 3 aromatic rings. The summed E-state index contributed by atoms with van der Waals surface area (Å²) in [6.07, 6.45) is 2.24. The number of nitrogens with zero attached hydrogens (tertiary/aromatic N) is 1. The number of aliphatic hydroxyl groups is 1. The number of Topliss-reactive ketones (excluding diaryl/α,β-unsaturated/α-hetero) is 1. The lowest BCUT2D eigenvalue weighted by atomic mass is 9.94. The van der Waals surface area contributed by atoms with Crippen molar-refractivity contribution >= 4 is 17.4 Å². The van der Waals surface area contributed by atoms with E-state index in [2.05, 4.69) is 0 Å². The molecule has 0 spiro atoms. The third kappa shape index (κ3) is 3.32. The zero-order chi connectivity index (χ0) is 22.2. The molecule has 32 heavy (non-hydrogen) atoms. The number of hydrogen-bond acceptors (Lipinski definition) is 6. The van der Waals surface area contributed by atoms with Crippen LogP contribution >= 0.6 is 0 Å². The highest BCUT2D eigenvalue weighted by atomic mass is 16.5. The zero-order valence-corrected chi connectivity index (χ0v) is 17.4. The second-order valence-electron chi connectivity index (χ2n) is 7.70. The number of likely N-dealkylation sites (tertiary alicyclic amines) is 1. The Hall–Kier alpha value is -4.00. The van der Waals surface area contributed by atoms with Crippen LogP contribution < -0.4 is 9.47 Å². The summed E-state index contributed by atoms with van der Waals surface area (Å²) in [5.41, 5.74) is 2.12. The van der Waals surface area contributed by atoms with E-state index < -0.39 is 17.7 Å². The number of aliphatic hydroxyl groups excluding tert-OH is 1. The van der Waals surface area contributed by atoms with Crippen molar-refractivity contribution in [2.24, 2.45) is 0 Å². The van der Waals surface area contributed by atoms with E-state index in [0.29, 0.717) is 29.2 Å². The molecule has 1 N–H and O–H groups in total. The van der Waals surface area contributed by atoms with E-state index in [0.717, 1.165) is 17.7 Å². The van der Waals surface area contributed by atoms with Crippen LogP contribution in [0, 0.1) is 0 Å². The number of ketones is 1. The molecule has 162 valence electrons. The first-order valence-corrected chi connectivity index (χ1v) is 10.3. The number of methoxy groups -OCH3 is 1. The van der Waals surface area contributed by atoms with Gasteiger partial charge in [-0.2, -0.15) is 0 Å². The van der Waals surface area contributed by atoms with Gasteiger partial charge in [-0.1, -0.05) is 12.1 Å². The Morgan fingerprint density at radius 1 is 1.16 bits per heavy atom. The topological polar surface area (TPSA) is 89.2 Å². The van der Waals surface area contributed by atoms with E-state index in [4.69, 9.17) is 13.9 Å².